The summed E-state index contributed by atoms with van der Waals surface area (Å²) in [7, 11) is 0. The minimum atomic E-state index is 0. The van der Waals surface area contributed by atoms with Crippen LogP contribution in [0.5, 0.6) is 0 Å². The van der Waals surface area contributed by atoms with E-state index in [9.17, 15) is 0 Å². The van der Waals surface area contributed by atoms with Gasteiger partial charge in [-0.15, -0.1) is 41.5 Å². The molecule has 3 heterocycles. The van der Waals surface area contributed by atoms with Crippen LogP contribution in [0.4, 0.5) is 0 Å². The van der Waals surface area contributed by atoms with Crippen LogP contribution in [0.15, 0.2) is 200 Å². The van der Waals surface area contributed by atoms with Crippen molar-refractivity contribution in [1.29, 1.82) is 0 Å². The van der Waals surface area contributed by atoms with E-state index in [0.29, 0.717) is 0 Å². The zero-order valence-corrected chi connectivity index (χ0v) is 38.4. The predicted molar refractivity (Wildman–Crippen MR) is 263 cm³/mol. The van der Waals surface area contributed by atoms with Crippen LogP contribution in [0, 0.1) is 30.3 Å². The monoisotopic (exact) mass is 1010 g/mol. The molecule has 0 saturated carbocycles. The number of benzene rings is 7. The second-order valence-corrected chi connectivity index (χ2v) is 16.1. The maximum atomic E-state index is 6.96. The van der Waals surface area contributed by atoms with Gasteiger partial charge in [0, 0.05) is 39.7 Å². The number of pyridine rings is 2. The van der Waals surface area contributed by atoms with Crippen molar-refractivity contribution in [2.45, 2.75) is 32.1 Å². The van der Waals surface area contributed by atoms with E-state index in [2.05, 4.69) is 170 Å². The van der Waals surface area contributed by atoms with Crippen molar-refractivity contribution in [3.63, 3.8) is 0 Å². The molecule has 0 spiro atoms. The number of nitrogens with zero attached hydrogens (tertiary/aromatic N) is 3. The number of rotatable bonds is 6. The summed E-state index contributed by atoms with van der Waals surface area (Å²) in [5, 5.41) is 2.30. The second kappa shape index (κ2) is 18.7. The summed E-state index contributed by atoms with van der Waals surface area (Å²) < 4.78 is 2.23. The largest absolute Gasteiger partial charge is 2.00 e. The van der Waals surface area contributed by atoms with Crippen LogP contribution >= 0.6 is 0 Å². The van der Waals surface area contributed by atoms with Gasteiger partial charge in [0.05, 0.1) is 5.52 Å². The Kier molecular flexibility index (Phi) is 12.3. The molecule has 1 aliphatic carbocycles. The number of fused-ring (bicyclic) bond motifs is 6. The van der Waals surface area contributed by atoms with Crippen molar-refractivity contribution in [2.24, 2.45) is 0 Å². The van der Waals surface area contributed by atoms with E-state index < -0.39 is 0 Å². The summed E-state index contributed by atoms with van der Waals surface area (Å²) in [5.74, 6) is 8.48. The molecule has 0 atom stereocenters. The van der Waals surface area contributed by atoms with Gasteiger partial charge < -0.3 is 16.0 Å². The fraction of sp³-hybridized carbons (Fsp3) is 0.0820. The Morgan fingerprint density at radius 3 is 1.94 bits per heavy atom. The van der Waals surface area contributed by atoms with Crippen molar-refractivity contribution in [3.8, 4) is 68.1 Å². The second-order valence-electron chi connectivity index (χ2n) is 16.1. The molecule has 65 heavy (non-hydrogen) atoms. The van der Waals surface area contributed by atoms with E-state index in [4.69, 9.17) is 16.4 Å². The van der Waals surface area contributed by atoms with E-state index in [1.165, 1.54) is 33.2 Å². The molecule has 0 bridgehead atoms. The first-order valence-electron chi connectivity index (χ1n) is 21.9. The van der Waals surface area contributed by atoms with Gasteiger partial charge in [0.2, 0.25) is 0 Å². The number of para-hydroxylation sites is 1. The standard InChI is InChI=1S/C45H34N3.C16H9.Pt/c1-3-45(4-2)40-18-10-8-15-36(40)37-21-20-31(28-41(37)45)32-22-24-46-42(29-32)34-25-33(30-13-6-5-7-14-30)26-35(27-34)48-43-19-11-9-16-38(43)39-17-12-23-47-44(39)48;1-2-14-8-10-16(11-9-14)13-12-15-6-4-3-5-7-15;/h5-26,28-29H,3-4H2,1-2H3;3-11H;/q2*-1;+2. The summed E-state index contributed by atoms with van der Waals surface area (Å²) in [6.45, 7) is 4.65. The Labute approximate surface area is 396 Å². The van der Waals surface area contributed by atoms with Crippen LogP contribution in [0.2, 0.25) is 0 Å². The zero-order valence-electron chi connectivity index (χ0n) is 36.1. The molecule has 0 amide bonds. The molecule has 0 fully saturated rings. The van der Waals surface area contributed by atoms with Gasteiger partial charge in [-0.05, 0) is 106 Å². The molecule has 4 heteroatoms. The Balaban J connectivity index is 0.000000266. The van der Waals surface area contributed by atoms with Gasteiger partial charge in [0.1, 0.15) is 5.65 Å². The topological polar surface area (TPSA) is 30.7 Å². The Morgan fingerprint density at radius 2 is 1.17 bits per heavy atom. The molecular formula is C61H43N3Pt. The fourth-order valence-electron chi connectivity index (χ4n) is 9.36. The van der Waals surface area contributed by atoms with Gasteiger partial charge in [-0.1, -0.05) is 153 Å². The minimum absolute atomic E-state index is 0. The minimum Gasteiger partial charge on any atom is -0.366 e. The molecule has 3 aromatic heterocycles. The molecule has 0 aliphatic heterocycles. The average Bonchev–Trinajstić information content (AvgIpc) is 3.86. The molecule has 3 nitrogen and oxygen atoms in total. The third-order valence-electron chi connectivity index (χ3n) is 12.6. The van der Waals surface area contributed by atoms with E-state index in [1.807, 2.05) is 73.1 Å². The third kappa shape index (κ3) is 8.13. The smallest absolute Gasteiger partial charge is 0.366 e. The van der Waals surface area contributed by atoms with Crippen LogP contribution in [-0.4, -0.2) is 14.5 Å². The van der Waals surface area contributed by atoms with E-state index in [1.54, 1.807) is 0 Å². The molecule has 0 saturated heterocycles. The molecule has 11 rings (SSSR count). The summed E-state index contributed by atoms with van der Waals surface area (Å²) in [4.78, 5) is 9.78. The first-order valence-corrected chi connectivity index (χ1v) is 21.9. The Morgan fingerprint density at radius 1 is 0.523 bits per heavy atom. The summed E-state index contributed by atoms with van der Waals surface area (Å²) in [5.41, 5.74) is 17.8. The molecular weight excluding hydrogens is 970 g/mol. The number of hydrogen-bond acceptors (Lipinski definition) is 2. The van der Waals surface area contributed by atoms with Crippen molar-refractivity contribution in [1.82, 2.24) is 14.5 Å². The first-order chi connectivity index (χ1) is 31.6. The fourth-order valence-corrected chi connectivity index (χ4v) is 9.36. The van der Waals surface area contributed by atoms with Crippen LogP contribution in [0.3, 0.4) is 0 Å². The maximum Gasteiger partial charge on any atom is 2.00 e. The van der Waals surface area contributed by atoms with Crippen LogP contribution in [0.25, 0.3) is 72.3 Å². The maximum absolute atomic E-state index is 6.96. The predicted octanol–water partition coefficient (Wildman–Crippen LogP) is 14.5. The van der Waals surface area contributed by atoms with Crippen LogP contribution in [-0.2, 0) is 26.5 Å². The molecule has 312 valence electrons. The van der Waals surface area contributed by atoms with Gasteiger partial charge in [-0.3, -0.25) is 5.92 Å². The van der Waals surface area contributed by atoms with Crippen LogP contribution in [0.1, 0.15) is 54.5 Å². The van der Waals surface area contributed by atoms with Gasteiger partial charge in [-0.25, -0.2) is 4.98 Å². The van der Waals surface area contributed by atoms with E-state index >= 15 is 0 Å². The molecule has 1 aliphatic rings. The first kappa shape index (κ1) is 42.7. The molecule has 0 N–H and O–H groups in total. The summed E-state index contributed by atoms with van der Waals surface area (Å²) in [6.07, 6.45) is 12.9. The average molecular weight is 1010 g/mol. The van der Waals surface area contributed by atoms with Crippen molar-refractivity contribution >= 4 is 21.9 Å². The SMILES string of the molecule is CCC1(CC)c2ccccc2-c2ccc(-c3ccnc(-c4[c-]c(-n5c6ccccc6c6cccnc65)cc(-c5ccccc5)c4)c3)cc21.[C-]#Cc1ccc(C#Cc2ccccc2)cc1.[Pt+2]. The number of aromatic nitrogens is 3. The quantitative estimate of drug-likeness (QED) is 0.123. The van der Waals surface area contributed by atoms with Gasteiger partial charge in [0.25, 0.3) is 0 Å². The van der Waals surface area contributed by atoms with E-state index in [-0.39, 0.29) is 26.5 Å². The molecule has 0 unspecified atom stereocenters. The van der Waals surface area contributed by atoms with Gasteiger partial charge in [0.15, 0.2) is 0 Å². The number of hydrogen-bond donors (Lipinski definition) is 0. The van der Waals surface area contributed by atoms with E-state index in [0.717, 1.165) is 79.7 Å². The molecule has 10 aromatic rings. The van der Waals surface area contributed by atoms with Gasteiger partial charge >= 0.3 is 21.1 Å². The molecule has 0 radical (unpaired) electrons. The van der Waals surface area contributed by atoms with Crippen molar-refractivity contribution < 1.29 is 21.1 Å². The summed E-state index contributed by atoms with van der Waals surface area (Å²) >= 11 is 0. The summed E-state index contributed by atoms with van der Waals surface area (Å²) in [6, 6.07) is 69.1. The molecule has 7 aromatic carbocycles. The van der Waals surface area contributed by atoms with Crippen molar-refractivity contribution in [2.75, 3.05) is 0 Å². The van der Waals surface area contributed by atoms with Crippen LogP contribution < -0.4 is 0 Å². The van der Waals surface area contributed by atoms with Gasteiger partial charge in [-0.2, -0.15) is 0 Å². The Bertz CT molecular complexity index is 3360. The third-order valence-corrected chi connectivity index (χ3v) is 12.6. The zero-order chi connectivity index (χ0) is 43.5. The normalized spacial score (nSPS) is 11.8. The Hall–Kier alpha value is -7.55. The van der Waals surface area contributed by atoms with Crippen molar-refractivity contribution in [3.05, 3.63) is 241 Å².